The first-order chi connectivity index (χ1) is 9.69. The molecule has 0 aliphatic carbocycles. The van der Waals surface area contributed by atoms with Gasteiger partial charge in [0.15, 0.2) is 23.1 Å². The highest BCUT2D eigenvalue weighted by Crippen LogP contribution is 2.35. The van der Waals surface area contributed by atoms with Crippen molar-refractivity contribution in [3.8, 4) is 23.3 Å². The van der Waals surface area contributed by atoms with Crippen molar-refractivity contribution in [2.75, 3.05) is 7.11 Å². The fourth-order valence-corrected chi connectivity index (χ4v) is 2.15. The van der Waals surface area contributed by atoms with Gasteiger partial charge in [-0.15, -0.1) is 0 Å². The van der Waals surface area contributed by atoms with Crippen LogP contribution >= 0.6 is 15.9 Å². The van der Waals surface area contributed by atoms with Gasteiger partial charge in [-0.2, -0.15) is 5.26 Å². The number of nitriles is 1. The van der Waals surface area contributed by atoms with E-state index in [1.54, 1.807) is 30.3 Å². The summed E-state index contributed by atoms with van der Waals surface area (Å²) < 4.78 is 24.6. The number of ether oxygens (including phenoxy) is 2. The van der Waals surface area contributed by atoms with Crippen molar-refractivity contribution in [2.24, 2.45) is 0 Å². The number of benzene rings is 2. The molecule has 0 atom stereocenters. The van der Waals surface area contributed by atoms with Crippen molar-refractivity contribution < 1.29 is 13.9 Å². The van der Waals surface area contributed by atoms with Crippen molar-refractivity contribution in [1.29, 1.82) is 5.26 Å². The first-order valence-electron chi connectivity index (χ1n) is 5.79. The summed E-state index contributed by atoms with van der Waals surface area (Å²) in [5.41, 5.74) is 1.14. The molecule has 0 aromatic heterocycles. The monoisotopic (exact) mass is 335 g/mol. The van der Waals surface area contributed by atoms with Gasteiger partial charge in [-0.05, 0) is 18.2 Å². The van der Waals surface area contributed by atoms with Gasteiger partial charge in [0, 0.05) is 17.0 Å². The molecule has 0 unspecified atom stereocenters. The molecule has 0 saturated carbocycles. The highest BCUT2D eigenvalue weighted by molar-refractivity contribution is 9.08. The van der Waals surface area contributed by atoms with Crippen LogP contribution < -0.4 is 9.47 Å². The molecule has 0 amide bonds. The van der Waals surface area contributed by atoms with Gasteiger partial charge < -0.3 is 9.47 Å². The van der Waals surface area contributed by atoms with Crippen molar-refractivity contribution >= 4 is 15.9 Å². The largest absolute Gasteiger partial charge is 0.493 e. The molecule has 2 aromatic rings. The number of nitrogens with zero attached hydrogens (tertiary/aromatic N) is 1. The van der Waals surface area contributed by atoms with E-state index in [9.17, 15) is 4.39 Å². The zero-order valence-electron chi connectivity index (χ0n) is 10.7. The lowest BCUT2D eigenvalue weighted by Gasteiger charge is -2.13. The van der Waals surface area contributed by atoms with E-state index in [2.05, 4.69) is 15.9 Å². The summed E-state index contributed by atoms with van der Waals surface area (Å²) in [5, 5.41) is 9.32. The normalized spacial score (nSPS) is 9.90. The van der Waals surface area contributed by atoms with Crippen molar-refractivity contribution in [2.45, 2.75) is 5.33 Å². The fourth-order valence-electron chi connectivity index (χ4n) is 1.70. The van der Waals surface area contributed by atoms with Crippen LogP contribution in [-0.4, -0.2) is 7.11 Å². The number of halogens is 2. The van der Waals surface area contributed by atoms with Gasteiger partial charge in [-0.25, -0.2) is 4.39 Å². The summed E-state index contributed by atoms with van der Waals surface area (Å²) in [5.74, 6) is 0.437. The van der Waals surface area contributed by atoms with E-state index in [0.29, 0.717) is 28.0 Å². The van der Waals surface area contributed by atoms with Gasteiger partial charge in [-0.1, -0.05) is 28.1 Å². The van der Waals surface area contributed by atoms with Gasteiger partial charge in [0.25, 0.3) is 0 Å². The minimum Gasteiger partial charge on any atom is -0.493 e. The maximum Gasteiger partial charge on any atom is 0.169 e. The molecule has 0 radical (unpaired) electrons. The standard InChI is InChI=1S/C15H11BrFNO2/c1-19-14-7-10(9-18)5-6-13(14)20-15-11(8-16)3-2-4-12(15)17/h2-7H,8H2,1H3. The maximum atomic E-state index is 13.9. The molecule has 0 spiro atoms. The van der Waals surface area contributed by atoms with Gasteiger partial charge in [0.1, 0.15) is 0 Å². The SMILES string of the molecule is COc1cc(C#N)ccc1Oc1c(F)cccc1CBr. The van der Waals surface area contributed by atoms with Crippen LogP contribution in [0.25, 0.3) is 0 Å². The van der Waals surface area contributed by atoms with Crippen LogP contribution in [0.5, 0.6) is 17.2 Å². The minimum absolute atomic E-state index is 0.146. The van der Waals surface area contributed by atoms with Crippen LogP contribution in [0.3, 0.4) is 0 Å². The van der Waals surface area contributed by atoms with Crippen molar-refractivity contribution in [3.05, 3.63) is 53.3 Å². The Kier molecular flexibility index (Phi) is 4.59. The Morgan fingerprint density at radius 2 is 2.05 bits per heavy atom. The Morgan fingerprint density at radius 1 is 1.25 bits per heavy atom. The van der Waals surface area contributed by atoms with Crippen LogP contribution in [0.15, 0.2) is 36.4 Å². The number of methoxy groups -OCH3 is 1. The highest BCUT2D eigenvalue weighted by atomic mass is 79.9. The molecule has 2 rings (SSSR count). The Bertz CT molecular complexity index is 667. The Hall–Kier alpha value is -2.06. The van der Waals surface area contributed by atoms with E-state index in [1.165, 1.54) is 13.2 Å². The predicted octanol–water partition coefficient (Wildman–Crippen LogP) is 4.39. The van der Waals surface area contributed by atoms with Crippen LogP contribution in [0.1, 0.15) is 11.1 Å². The van der Waals surface area contributed by atoms with Crippen molar-refractivity contribution in [1.82, 2.24) is 0 Å². The van der Waals surface area contributed by atoms with E-state index < -0.39 is 5.82 Å². The topological polar surface area (TPSA) is 42.2 Å². The summed E-state index contributed by atoms with van der Waals surface area (Å²) in [6, 6.07) is 11.4. The Morgan fingerprint density at radius 3 is 2.70 bits per heavy atom. The van der Waals surface area contributed by atoms with Gasteiger partial charge in [0.2, 0.25) is 0 Å². The van der Waals surface area contributed by atoms with Gasteiger partial charge >= 0.3 is 0 Å². The first kappa shape index (κ1) is 14.4. The third kappa shape index (κ3) is 2.91. The van der Waals surface area contributed by atoms with E-state index >= 15 is 0 Å². The van der Waals surface area contributed by atoms with Crippen LogP contribution in [0, 0.1) is 17.1 Å². The number of hydrogen-bond donors (Lipinski definition) is 0. The number of alkyl halides is 1. The molecule has 3 nitrogen and oxygen atoms in total. The summed E-state index contributed by atoms with van der Waals surface area (Å²) in [6.45, 7) is 0. The summed E-state index contributed by atoms with van der Waals surface area (Å²) in [7, 11) is 1.47. The first-order valence-corrected chi connectivity index (χ1v) is 6.91. The zero-order chi connectivity index (χ0) is 14.5. The van der Waals surface area contributed by atoms with E-state index in [0.717, 1.165) is 0 Å². The average molecular weight is 336 g/mol. The molecule has 0 bridgehead atoms. The number of para-hydroxylation sites is 1. The minimum atomic E-state index is -0.451. The molecule has 0 aliphatic heterocycles. The average Bonchev–Trinajstić information content (AvgIpc) is 2.49. The third-order valence-corrected chi connectivity index (χ3v) is 3.30. The van der Waals surface area contributed by atoms with Crippen LogP contribution in [-0.2, 0) is 5.33 Å². The summed E-state index contributed by atoms with van der Waals surface area (Å²) >= 11 is 3.29. The van der Waals surface area contributed by atoms with Crippen molar-refractivity contribution in [3.63, 3.8) is 0 Å². The molecule has 102 valence electrons. The summed E-state index contributed by atoms with van der Waals surface area (Å²) in [4.78, 5) is 0. The molecular formula is C15H11BrFNO2. The molecule has 0 aliphatic rings. The van der Waals surface area contributed by atoms with Crippen LogP contribution in [0.2, 0.25) is 0 Å². The second-order valence-corrected chi connectivity index (χ2v) is 4.50. The van der Waals surface area contributed by atoms with Gasteiger partial charge in [0.05, 0.1) is 18.7 Å². The zero-order valence-corrected chi connectivity index (χ0v) is 12.3. The fraction of sp³-hybridized carbons (Fsp3) is 0.133. The number of hydrogen-bond acceptors (Lipinski definition) is 3. The van der Waals surface area contributed by atoms with E-state index in [1.807, 2.05) is 6.07 Å². The molecule has 0 heterocycles. The maximum absolute atomic E-state index is 13.9. The molecule has 0 N–H and O–H groups in total. The van der Waals surface area contributed by atoms with E-state index in [-0.39, 0.29) is 5.75 Å². The lowest BCUT2D eigenvalue weighted by molar-refractivity contribution is 0.369. The molecule has 5 heteroatoms. The van der Waals surface area contributed by atoms with Crippen LogP contribution in [0.4, 0.5) is 4.39 Å². The molecule has 20 heavy (non-hydrogen) atoms. The Balaban J connectivity index is 2.43. The second-order valence-electron chi connectivity index (χ2n) is 3.94. The Labute approximate surface area is 124 Å². The summed E-state index contributed by atoms with van der Waals surface area (Å²) in [6.07, 6.45) is 0. The quantitative estimate of drug-likeness (QED) is 0.778. The third-order valence-electron chi connectivity index (χ3n) is 2.70. The molecule has 2 aromatic carbocycles. The molecule has 0 saturated heterocycles. The lowest BCUT2D eigenvalue weighted by Crippen LogP contribution is -1.96. The number of rotatable bonds is 4. The molecular weight excluding hydrogens is 325 g/mol. The van der Waals surface area contributed by atoms with E-state index in [4.69, 9.17) is 14.7 Å². The smallest absolute Gasteiger partial charge is 0.169 e. The predicted molar refractivity (Wildman–Crippen MR) is 76.8 cm³/mol. The highest BCUT2D eigenvalue weighted by Gasteiger charge is 2.13. The second kappa shape index (κ2) is 6.40. The van der Waals surface area contributed by atoms with Gasteiger partial charge in [-0.3, -0.25) is 0 Å². The lowest BCUT2D eigenvalue weighted by atomic mass is 10.2. The molecule has 0 fully saturated rings.